The first-order valence-electron chi connectivity index (χ1n) is 6.82. The van der Waals surface area contributed by atoms with Crippen LogP contribution in [0.15, 0.2) is 36.5 Å². The van der Waals surface area contributed by atoms with Crippen LogP contribution in [0.1, 0.15) is 6.42 Å². The molecule has 2 aromatic rings. The summed E-state index contributed by atoms with van der Waals surface area (Å²) in [6, 6.07) is 9.02. The van der Waals surface area contributed by atoms with E-state index in [1.165, 1.54) is 0 Å². The van der Waals surface area contributed by atoms with Crippen LogP contribution in [0, 0.1) is 0 Å². The van der Waals surface area contributed by atoms with E-state index in [0.29, 0.717) is 37.1 Å². The van der Waals surface area contributed by atoms with E-state index in [1.807, 2.05) is 12.1 Å². The van der Waals surface area contributed by atoms with E-state index < -0.39 is 11.8 Å². The van der Waals surface area contributed by atoms with Crippen LogP contribution >= 0.6 is 0 Å². The summed E-state index contributed by atoms with van der Waals surface area (Å²) in [4.78, 5) is 37.8. The summed E-state index contributed by atoms with van der Waals surface area (Å²) in [5, 5.41) is 8.38. The van der Waals surface area contributed by atoms with E-state index in [0.717, 1.165) is 5.39 Å². The van der Waals surface area contributed by atoms with Gasteiger partial charge in [-0.3, -0.25) is 19.4 Å². The van der Waals surface area contributed by atoms with E-state index in [4.69, 9.17) is 0 Å². The molecule has 0 saturated carbocycles. The third kappa shape index (κ3) is 4.02. The molecule has 7 nitrogen and oxygen atoms in total. The van der Waals surface area contributed by atoms with Crippen LogP contribution in [0.3, 0.4) is 0 Å². The number of nitrogens with one attached hydrogen (secondary N) is 3. The van der Waals surface area contributed by atoms with Gasteiger partial charge in [0, 0.05) is 24.7 Å². The maximum absolute atomic E-state index is 11.9. The van der Waals surface area contributed by atoms with Crippen molar-refractivity contribution in [1.29, 1.82) is 0 Å². The van der Waals surface area contributed by atoms with Gasteiger partial charge in [-0.15, -0.1) is 0 Å². The molecule has 7 heteroatoms. The average Bonchev–Trinajstić information content (AvgIpc) is 2.54. The largest absolute Gasteiger partial charge is 0.359 e. The molecule has 0 saturated heterocycles. The molecule has 0 aliphatic heterocycles. The van der Waals surface area contributed by atoms with Crippen LogP contribution in [0.4, 0.5) is 5.69 Å². The predicted octanol–water partition coefficient (Wildman–Crippen LogP) is 0.426. The highest BCUT2D eigenvalue weighted by Gasteiger charge is 2.14. The highest BCUT2D eigenvalue weighted by atomic mass is 16.2. The maximum Gasteiger partial charge on any atom is 0.313 e. The topological polar surface area (TPSA) is 100 Å². The minimum Gasteiger partial charge on any atom is -0.359 e. The number of hydrogen-bond donors (Lipinski definition) is 3. The van der Waals surface area contributed by atoms with Crippen molar-refractivity contribution in [3.63, 3.8) is 0 Å². The molecular formula is C15H16N4O3. The molecule has 114 valence electrons. The fourth-order valence-electron chi connectivity index (χ4n) is 1.92. The number of hydrogen-bond acceptors (Lipinski definition) is 4. The number of pyridine rings is 1. The van der Waals surface area contributed by atoms with E-state index in [9.17, 15) is 14.4 Å². The van der Waals surface area contributed by atoms with Crippen LogP contribution in [0.2, 0.25) is 0 Å². The van der Waals surface area contributed by atoms with Crippen molar-refractivity contribution in [2.45, 2.75) is 6.42 Å². The summed E-state index contributed by atoms with van der Waals surface area (Å²) in [5.74, 6) is -1.47. The maximum atomic E-state index is 11.9. The molecular weight excluding hydrogens is 284 g/mol. The highest BCUT2D eigenvalue weighted by Crippen LogP contribution is 2.20. The van der Waals surface area contributed by atoms with Gasteiger partial charge < -0.3 is 16.0 Å². The van der Waals surface area contributed by atoms with Gasteiger partial charge in [-0.2, -0.15) is 0 Å². The number of para-hydroxylation sites is 1. The SMILES string of the molecule is O=CNCCCNC(=O)C(=O)Nc1cccc2cccnc12. The lowest BCUT2D eigenvalue weighted by atomic mass is 10.2. The lowest BCUT2D eigenvalue weighted by molar-refractivity contribution is -0.136. The van der Waals surface area contributed by atoms with Crippen molar-refractivity contribution in [2.75, 3.05) is 18.4 Å². The van der Waals surface area contributed by atoms with Gasteiger partial charge in [-0.05, 0) is 18.6 Å². The molecule has 0 aliphatic carbocycles. The van der Waals surface area contributed by atoms with Gasteiger partial charge >= 0.3 is 11.8 Å². The summed E-state index contributed by atoms with van der Waals surface area (Å²) in [6.07, 6.45) is 2.76. The summed E-state index contributed by atoms with van der Waals surface area (Å²) in [7, 11) is 0. The highest BCUT2D eigenvalue weighted by molar-refractivity contribution is 6.40. The first-order chi connectivity index (χ1) is 10.7. The smallest absolute Gasteiger partial charge is 0.313 e. The molecule has 1 aromatic heterocycles. The predicted molar refractivity (Wildman–Crippen MR) is 82.1 cm³/mol. The molecule has 0 spiro atoms. The van der Waals surface area contributed by atoms with Crippen molar-refractivity contribution in [3.05, 3.63) is 36.5 Å². The summed E-state index contributed by atoms with van der Waals surface area (Å²) < 4.78 is 0. The third-order valence-electron chi connectivity index (χ3n) is 2.95. The molecule has 22 heavy (non-hydrogen) atoms. The molecule has 1 heterocycles. The zero-order valence-corrected chi connectivity index (χ0v) is 11.8. The number of fused-ring (bicyclic) bond motifs is 1. The van der Waals surface area contributed by atoms with E-state index in [1.54, 1.807) is 24.4 Å². The Bertz CT molecular complexity index is 682. The van der Waals surface area contributed by atoms with Gasteiger partial charge in [0.15, 0.2) is 0 Å². The van der Waals surface area contributed by atoms with Crippen molar-refractivity contribution >= 4 is 34.8 Å². The lowest BCUT2D eigenvalue weighted by Gasteiger charge is -2.08. The molecule has 0 bridgehead atoms. The second kappa shape index (κ2) is 7.72. The number of benzene rings is 1. The van der Waals surface area contributed by atoms with Crippen molar-refractivity contribution < 1.29 is 14.4 Å². The van der Waals surface area contributed by atoms with Crippen molar-refractivity contribution in [3.8, 4) is 0 Å². The molecule has 0 aliphatic rings. The molecule has 0 atom stereocenters. The zero-order chi connectivity index (χ0) is 15.8. The van der Waals surface area contributed by atoms with Gasteiger partial charge in [0.05, 0.1) is 11.2 Å². The van der Waals surface area contributed by atoms with Gasteiger partial charge in [0.1, 0.15) is 0 Å². The Balaban J connectivity index is 1.93. The molecule has 1 aromatic carbocycles. The second-order valence-electron chi connectivity index (χ2n) is 4.52. The first kappa shape index (κ1) is 15.4. The minimum atomic E-state index is -0.749. The monoisotopic (exact) mass is 300 g/mol. The molecule has 2 rings (SSSR count). The summed E-state index contributed by atoms with van der Waals surface area (Å²) >= 11 is 0. The van der Waals surface area contributed by atoms with Crippen LogP contribution < -0.4 is 16.0 Å². The Hall–Kier alpha value is -2.96. The van der Waals surface area contributed by atoms with Crippen molar-refractivity contribution in [1.82, 2.24) is 15.6 Å². The van der Waals surface area contributed by atoms with Gasteiger partial charge in [0.2, 0.25) is 6.41 Å². The van der Waals surface area contributed by atoms with Gasteiger partial charge in [-0.1, -0.05) is 18.2 Å². The first-order valence-corrected chi connectivity index (χ1v) is 6.82. The second-order valence-corrected chi connectivity index (χ2v) is 4.52. The number of nitrogens with zero attached hydrogens (tertiary/aromatic N) is 1. The standard InChI is InChI=1S/C15H16N4O3/c20-10-16-7-3-9-18-14(21)15(22)19-12-6-1-4-11-5-2-8-17-13(11)12/h1-2,4-6,8,10H,3,7,9H2,(H,16,20)(H,18,21)(H,19,22). The van der Waals surface area contributed by atoms with Crippen molar-refractivity contribution in [2.24, 2.45) is 0 Å². The molecule has 3 amide bonds. The number of carbonyl (C=O) groups is 3. The Morgan fingerprint density at radius 2 is 1.91 bits per heavy atom. The Morgan fingerprint density at radius 1 is 1.09 bits per heavy atom. The molecule has 3 N–H and O–H groups in total. The number of amides is 3. The van der Waals surface area contributed by atoms with Gasteiger partial charge in [0.25, 0.3) is 0 Å². The molecule has 0 unspecified atom stereocenters. The zero-order valence-electron chi connectivity index (χ0n) is 11.8. The fraction of sp³-hybridized carbons (Fsp3) is 0.200. The third-order valence-corrected chi connectivity index (χ3v) is 2.95. The van der Waals surface area contributed by atoms with Crippen LogP contribution in [0.25, 0.3) is 10.9 Å². The molecule has 0 radical (unpaired) electrons. The quantitative estimate of drug-likeness (QED) is 0.409. The van der Waals surface area contributed by atoms with Crippen LogP contribution in [-0.2, 0) is 14.4 Å². The summed E-state index contributed by atoms with van der Waals surface area (Å²) in [5.41, 5.74) is 1.11. The number of anilines is 1. The number of rotatable bonds is 6. The fourth-order valence-corrected chi connectivity index (χ4v) is 1.92. The van der Waals surface area contributed by atoms with Crippen LogP contribution in [0.5, 0.6) is 0 Å². The molecule has 0 fully saturated rings. The van der Waals surface area contributed by atoms with Gasteiger partial charge in [-0.25, -0.2) is 0 Å². The average molecular weight is 300 g/mol. The van der Waals surface area contributed by atoms with E-state index >= 15 is 0 Å². The summed E-state index contributed by atoms with van der Waals surface area (Å²) in [6.45, 7) is 0.750. The van der Waals surface area contributed by atoms with Crippen LogP contribution in [-0.4, -0.2) is 36.3 Å². The normalized spacial score (nSPS) is 10.0. The number of aromatic nitrogens is 1. The lowest BCUT2D eigenvalue weighted by Crippen LogP contribution is -2.36. The Morgan fingerprint density at radius 3 is 2.73 bits per heavy atom. The van der Waals surface area contributed by atoms with E-state index in [2.05, 4.69) is 20.9 Å². The Kier molecular flexibility index (Phi) is 5.42. The van der Waals surface area contributed by atoms with E-state index in [-0.39, 0.29) is 0 Å². The number of carbonyl (C=O) groups excluding carboxylic acids is 3. The Labute approximate surface area is 127 Å². The minimum absolute atomic E-state index is 0.306.